The van der Waals surface area contributed by atoms with Crippen LogP contribution in [0.5, 0.6) is 0 Å². The largest absolute Gasteiger partial charge is 0.462 e. The minimum Gasteiger partial charge on any atom is -0.462 e. The maximum Gasteiger partial charge on any atom is 0.342 e. The van der Waals surface area contributed by atoms with Crippen molar-refractivity contribution in [1.29, 1.82) is 0 Å². The maximum absolute atomic E-state index is 11.5. The van der Waals surface area contributed by atoms with E-state index in [1.54, 1.807) is 50.8 Å². The number of halogens is 2. The van der Waals surface area contributed by atoms with Crippen LogP contribution in [-0.2, 0) is 9.47 Å². The molecule has 0 aliphatic rings. The first-order valence-corrected chi connectivity index (χ1v) is 10.6. The highest BCUT2D eigenvalue weighted by Crippen LogP contribution is 2.19. The summed E-state index contributed by atoms with van der Waals surface area (Å²) in [5.41, 5.74) is 0.391. The lowest BCUT2D eigenvalue weighted by Crippen LogP contribution is -2.06. The van der Waals surface area contributed by atoms with Crippen molar-refractivity contribution in [3.63, 3.8) is 0 Å². The highest BCUT2D eigenvalue weighted by molar-refractivity contribution is 6.33. The Balaban J connectivity index is 0.000000191. The lowest BCUT2D eigenvalue weighted by atomic mass is 10.4. The first kappa shape index (κ1) is 24.7. The minimum atomic E-state index is -0.514. The molecule has 0 saturated heterocycles. The fourth-order valence-electron chi connectivity index (χ4n) is 2.43. The first-order valence-electron chi connectivity index (χ1n) is 9.83. The highest BCUT2D eigenvalue weighted by Gasteiger charge is 2.19. The molecule has 34 heavy (non-hydrogen) atoms. The SMILES string of the molecule is CCOC(=O)c1cn(-c2ncccn2)nc1Cl.CCOC(=O)c1cnn(-c2ncccn2)c1Cl. The van der Waals surface area contributed by atoms with Crippen molar-refractivity contribution < 1.29 is 19.1 Å². The van der Waals surface area contributed by atoms with Gasteiger partial charge in [-0.25, -0.2) is 34.2 Å². The highest BCUT2D eigenvalue weighted by atomic mass is 35.5. The number of hydrogen-bond acceptors (Lipinski definition) is 10. The number of esters is 2. The lowest BCUT2D eigenvalue weighted by molar-refractivity contribution is 0.0517. The van der Waals surface area contributed by atoms with Crippen molar-refractivity contribution in [2.24, 2.45) is 0 Å². The van der Waals surface area contributed by atoms with Gasteiger partial charge in [-0.3, -0.25) is 0 Å². The molecule has 0 amide bonds. The van der Waals surface area contributed by atoms with Crippen LogP contribution in [0.1, 0.15) is 34.6 Å². The molecule has 14 heteroatoms. The summed E-state index contributed by atoms with van der Waals surface area (Å²) < 4.78 is 12.3. The minimum absolute atomic E-state index is 0.0657. The first-order chi connectivity index (χ1) is 16.5. The van der Waals surface area contributed by atoms with E-state index in [9.17, 15) is 9.59 Å². The maximum atomic E-state index is 11.5. The van der Waals surface area contributed by atoms with E-state index in [4.69, 9.17) is 32.7 Å². The third kappa shape index (κ3) is 5.91. The van der Waals surface area contributed by atoms with Gasteiger partial charge in [0.05, 0.1) is 25.6 Å². The Kier molecular flexibility index (Phi) is 8.60. The van der Waals surface area contributed by atoms with Gasteiger partial charge in [0.15, 0.2) is 10.3 Å². The van der Waals surface area contributed by atoms with Gasteiger partial charge in [-0.2, -0.15) is 14.9 Å². The van der Waals surface area contributed by atoms with E-state index >= 15 is 0 Å². The Hall–Kier alpha value is -3.90. The van der Waals surface area contributed by atoms with Crippen LogP contribution < -0.4 is 0 Å². The predicted octanol–water partition coefficient (Wildman–Crippen LogP) is 2.98. The van der Waals surface area contributed by atoms with E-state index in [1.807, 2.05) is 0 Å². The predicted molar refractivity (Wildman–Crippen MR) is 120 cm³/mol. The molecule has 0 atom stereocenters. The van der Waals surface area contributed by atoms with Crippen molar-refractivity contribution in [3.05, 3.63) is 70.7 Å². The van der Waals surface area contributed by atoms with Crippen LogP contribution in [0.3, 0.4) is 0 Å². The molecule has 176 valence electrons. The molecule has 0 unspecified atom stereocenters. The number of carbonyl (C=O) groups is 2. The third-order valence-electron chi connectivity index (χ3n) is 3.87. The summed E-state index contributed by atoms with van der Waals surface area (Å²) >= 11 is 11.8. The molecule has 0 saturated carbocycles. The van der Waals surface area contributed by atoms with Crippen molar-refractivity contribution in [1.82, 2.24) is 39.5 Å². The van der Waals surface area contributed by atoms with E-state index in [-0.39, 0.29) is 34.6 Å². The van der Waals surface area contributed by atoms with Crippen molar-refractivity contribution in [3.8, 4) is 11.9 Å². The average molecular weight is 505 g/mol. The number of rotatable bonds is 6. The molecule has 0 fully saturated rings. The second kappa shape index (κ2) is 11.8. The number of aromatic nitrogens is 8. The van der Waals surface area contributed by atoms with Gasteiger partial charge in [0, 0.05) is 24.8 Å². The topological polar surface area (TPSA) is 140 Å². The van der Waals surface area contributed by atoms with Crippen molar-refractivity contribution in [2.75, 3.05) is 13.2 Å². The third-order valence-corrected chi connectivity index (χ3v) is 4.51. The second-order valence-electron chi connectivity index (χ2n) is 6.08. The lowest BCUT2D eigenvalue weighted by Gasteiger charge is -2.01. The van der Waals surface area contributed by atoms with E-state index in [1.165, 1.54) is 21.8 Å². The fraction of sp³-hybridized carbons (Fsp3) is 0.200. The molecule has 4 aromatic heterocycles. The summed E-state index contributed by atoms with van der Waals surface area (Å²) in [6.07, 6.45) is 9.03. The van der Waals surface area contributed by atoms with Crippen molar-refractivity contribution >= 4 is 35.1 Å². The van der Waals surface area contributed by atoms with Gasteiger partial charge in [-0.15, -0.1) is 0 Å². The van der Waals surface area contributed by atoms with Gasteiger partial charge in [-0.05, 0) is 26.0 Å². The molecule has 0 radical (unpaired) electrons. The van der Waals surface area contributed by atoms with Crippen LogP contribution >= 0.6 is 23.2 Å². The van der Waals surface area contributed by atoms with Crippen LogP contribution in [-0.4, -0.2) is 64.6 Å². The standard InChI is InChI=1S/2C10H9ClN4O2/c1-2-17-9(16)7-6-15(14-8(7)11)10-12-4-3-5-13-10;1-2-17-9(16)7-6-14-15(8(7)11)10-12-4-3-5-13-10/h2*3-6H,2H2,1H3. The molecule has 0 bridgehead atoms. The van der Waals surface area contributed by atoms with Gasteiger partial charge in [0.1, 0.15) is 11.1 Å². The van der Waals surface area contributed by atoms with Crippen LogP contribution in [0.25, 0.3) is 11.9 Å². The van der Waals surface area contributed by atoms with E-state index < -0.39 is 11.9 Å². The Morgan fingerprint density at radius 2 is 1.38 bits per heavy atom. The molecule has 0 aliphatic heterocycles. The molecule has 0 spiro atoms. The summed E-state index contributed by atoms with van der Waals surface area (Å²) in [6, 6.07) is 3.36. The van der Waals surface area contributed by atoms with Crippen LogP contribution in [0.2, 0.25) is 10.3 Å². The summed E-state index contributed by atoms with van der Waals surface area (Å²) in [5.74, 6) is -0.391. The molecule has 0 N–H and O–H groups in total. The van der Waals surface area contributed by atoms with Crippen molar-refractivity contribution in [2.45, 2.75) is 13.8 Å². The Bertz CT molecular complexity index is 1230. The molecule has 4 aromatic rings. The van der Waals surface area contributed by atoms with E-state index in [0.717, 1.165) is 0 Å². The van der Waals surface area contributed by atoms with Gasteiger partial charge < -0.3 is 9.47 Å². The summed E-state index contributed by atoms with van der Waals surface area (Å²) in [4.78, 5) is 39.0. The Morgan fingerprint density at radius 1 is 0.853 bits per heavy atom. The quantitative estimate of drug-likeness (QED) is 0.359. The molecule has 4 heterocycles. The molecule has 12 nitrogen and oxygen atoms in total. The summed E-state index contributed by atoms with van der Waals surface area (Å²) in [5, 5.41) is 8.09. The van der Waals surface area contributed by atoms with Gasteiger partial charge in [0.25, 0.3) is 5.95 Å². The molecule has 0 aliphatic carbocycles. The van der Waals surface area contributed by atoms with Gasteiger partial charge >= 0.3 is 11.9 Å². The fourth-order valence-corrected chi connectivity index (χ4v) is 2.88. The Labute approximate surface area is 203 Å². The zero-order valence-corrected chi connectivity index (χ0v) is 19.5. The van der Waals surface area contributed by atoms with E-state index in [0.29, 0.717) is 11.9 Å². The molecular formula is C20H18Cl2N8O4. The van der Waals surface area contributed by atoms with E-state index in [2.05, 4.69) is 30.1 Å². The second-order valence-corrected chi connectivity index (χ2v) is 6.79. The molecular weight excluding hydrogens is 487 g/mol. The van der Waals surface area contributed by atoms with Crippen LogP contribution in [0, 0.1) is 0 Å². The molecule has 4 rings (SSSR count). The summed E-state index contributed by atoms with van der Waals surface area (Å²) in [7, 11) is 0. The van der Waals surface area contributed by atoms with Crippen LogP contribution in [0.15, 0.2) is 49.3 Å². The smallest absolute Gasteiger partial charge is 0.342 e. The monoisotopic (exact) mass is 504 g/mol. The van der Waals surface area contributed by atoms with Gasteiger partial charge in [0.2, 0.25) is 5.95 Å². The number of hydrogen-bond donors (Lipinski definition) is 0. The normalized spacial score (nSPS) is 10.2. The van der Waals surface area contributed by atoms with Gasteiger partial charge in [-0.1, -0.05) is 23.2 Å². The Morgan fingerprint density at radius 3 is 1.94 bits per heavy atom. The number of nitrogens with zero attached hydrogens (tertiary/aromatic N) is 8. The number of carbonyl (C=O) groups excluding carboxylic acids is 2. The number of ether oxygens (including phenoxy) is 2. The zero-order valence-electron chi connectivity index (χ0n) is 18.0. The summed E-state index contributed by atoms with van der Waals surface area (Å²) in [6.45, 7) is 4.00. The zero-order chi connectivity index (χ0) is 24.5. The molecule has 0 aromatic carbocycles. The van der Waals surface area contributed by atoms with Crippen LogP contribution in [0.4, 0.5) is 0 Å². The average Bonchev–Trinajstić information content (AvgIpc) is 3.44.